The highest BCUT2D eigenvalue weighted by atomic mass is 16.5. The maximum atomic E-state index is 12.2. The van der Waals surface area contributed by atoms with Crippen LogP contribution in [0.15, 0.2) is 24.3 Å². The summed E-state index contributed by atoms with van der Waals surface area (Å²) in [5, 5.41) is 0. The molecule has 1 fully saturated rings. The van der Waals surface area contributed by atoms with Gasteiger partial charge in [0.2, 0.25) is 0 Å². The zero-order chi connectivity index (χ0) is 16.1. The van der Waals surface area contributed by atoms with Crippen LogP contribution >= 0.6 is 0 Å². The van der Waals surface area contributed by atoms with Gasteiger partial charge in [0.25, 0.3) is 5.91 Å². The van der Waals surface area contributed by atoms with E-state index in [9.17, 15) is 9.59 Å². The number of Topliss-reactive ketones (excluding diaryl/α,β-unsaturated/α-hetero) is 1. The van der Waals surface area contributed by atoms with Crippen LogP contribution in [0.25, 0.3) is 0 Å². The lowest BCUT2D eigenvalue weighted by molar-refractivity contribution is -0.145. The van der Waals surface area contributed by atoms with Crippen LogP contribution in [0, 0.1) is 0 Å². The molecule has 5 nitrogen and oxygen atoms in total. The number of carbonyl (C=O) groups excluding carboxylic acids is 2. The molecule has 2 unspecified atom stereocenters. The minimum absolute atomic E-state index is 0.00185. The number of hydrogen-bond donors (Lipinski definition) is 0. The van der Waals surface area contributed by atoms with Gasteiger partial charge in [0.05, 0.1) is 18.8 Å². The second kappa shape index (κ2) is 7.40. The molecule has 1 aromatic carbocycles. The van der Waals surface area contributed by atoms with E-state index in [4.69, 9.17) is 9.47 Å². The minimum Gasteiger partial charge on any atom is -0.484 e. The van der Waals surface area contributed by atoms with Crippen LogP contribution in [-0.2, 0) is 9.53 Å². The molecular formula is C17H23NO4. The summed E-state index contributed by atoms with van der Waals surface area (Å²) < 4.78 is 11.0. The lowest BCUT2D eigenvalue weighted by Gasteiger charge is -2.36. The van der Waals surface area contributed by atoms with Gasteiger partial charge in [-0.15, -0.1) is 0 Å². The normalized spacial score (nSPS) is 21.5. The number of benzene rings is 1. The summed E-state index contributed by atoms with van der Waals surface area (Å²) in [6.07, 6.45) is 0.533. The molecule has 0 spiro atoms. The van der Waals surface area contributed by atoms with Crippen LogP contribution in [0.1, 0.15) is 37.6 Å². The average molecular weight is 305 g/mol. The molecule has 0 radical (unpaired) electrons. The summed E-state index contributed by atoms with van der Waals surface area (Å²) in [6, 6.07) is 6.97. The van der Waals surface area contributed by atoms with E-state index in [1.807, 2.05) is 20.8 Å². The first-order valence-corrected chi connectivity index (χ1v) is 7.68. The fraction of sp³-hybridized carbons (Fsp3) is 0.529. The van der Waals surface area contributed by atoms with Crippen LogP contribution < -0.4 is 4.74 Å². The molecule has 1 aliphatic heterocycles. The molecule has 0 saturated carbocycles. The molecule has 120 valence electrons. The van der Waals surface area contributed by atoms with Crippen molar-refractivity contribution in [1.29, 1.82) is 0 Å². The molecule has 1 aromatic rings. The van der Waals surface area contributed by atoms with Crippen LogP contribution in [0.5, 0.6) is 5.75 Å². The van der Waals surface area contributed by atoms with E-state index in [1.165, 1.54) is 0 Å². The molecule has 5 heteroatoms. The van der Waals surface area contributed by atoms with Gasteiger partial charge in [-0.2, -0.15) is 0 Å². The largest absolute Gasteiger partial charge is 0.484 e. The van der Waals surface area contributed by atoms with Gasteiger partial charge in [-0.25, -0.2) is 0 Å². The van der Waals surface area contributed by atoms with Crippen molar-refractivity contribution in [3.05, 3.63) is 29.8 Å². The fourth-order valence-corrected chi connectivity index (χ4v) is 2.42. The number of amides is 1. The Morgan fingerprint density at radius 3 is 2.59 bits per heavy atom. The van der Waals surface area contributed by atoms with Crippen LogP contribution in [-0.4, -0.2) is 48.5 Å². The second-order valence-electron chi connectivity index (χ2n) is 5.63. The van der Waals surface area contributed by atoms with Crippen molar-refractivity contribution in [3.8, 4) is 5.75 Å². The van der Waals surface area contributed by atoms with Crippen molar-refractivity contribution in [2.24, 2.45) is 0 Å². The second-order valence-corrected chi connectivity index (χ2v) is 5.63. The highest BCUT2D eigenvalue weighted by Crippen LogP contribution is 2.15. The van der Waals surface area contributed by atoms with Gasteiger partial charge in [-0.1, -0.05) is 6.92 Å². The molecule has 1 aliphatic rings. The van der Waals surface area contributed by atoms with E-state index in [-0.39, 0.29) is 30.4 Å². The quantitative estimate of drug-likeness (QED) is 0.783. The summed E-state index contributed by atoms with van der Waals surface area (Å²) in [5.74, 6) is 0.644. The third kappa shape index (κ3) is 4.07. The Kier molecular flexibility index (Phi) is 5.55. The highest BCUT2D eigenvalue weighted by Gasteiger charge is 2.27. The molecule has 1 amide bonds. The Balaban J connectivity index is 1.89. The van der Waals surface area contributed by atoms with Gasteiger partial charge >= 0.3 is 0 Å². The van der Waals surface area contributed by atoms with Crippen molar-refractivity contribution < 1.29 is 19.1 Å². The van der Waals surface area contributed by atoms with Crippen molar-refractivity contribution in [1.82, 2.24) is 4.90 Å². The number of ketones is 1. The smallest absolute Gasteiger partial charge is 0.260 e. The maximum absolute atomic E-state index is 12.2. The molecule has 1 saturated heterocycles. The van der Waals surface area contributed by atoms with Crippen LogP contribution in [0.2, 0.25) is 0 Å². The monoisotopic (exact) mass is 305 g/mol. The Hall–Kier alpha value is -1.88. The summed E-state index contributed by atoms with van der Waals surface area (Å²) in [6.45, 7) is 6.90. The van der Waals surface area contributed by atoms with Gasteiger partial charge in [0, 0.05) is 18.5 Å². The van der Waals surface area contributed by atoms with E-state index in [2.05, 4.69) is 0 Å². The number of hydrogen-bond acceptors (Lipinski definition) is 4. The summed E-state index contributed by atoms with van der Waals surface area (Å²) >= 11 is 0. The van der Waals surface area contributed by atoms with Crippen LogP contribution in [0.3, 0.4) is 0 Å². The van der Waals surface area contributed by atoms with Gasteiger partial charge in [0.1, 0.15) is 5.75 Å². The number of nitrogens with zero attached hydrogens (tertiary/aromatic N) is 1. The molecule has 2 rings (SSSR count). The Morgan fingerprint density at radius 1 is 1.27 bits per heavy atom. The van der Waals surface area contributed by atoms with Gasteiger partial charge in [-0.3, -0.25) is 9.59 Å². The van der Waals surface area contributed by atoms with Crippen molar-refractivity contribution in [2.45, 2.75) is 39.3 Å². The van der Waals surface area contributed by atoms with Gasteiger partial charge < -0.3 is 14.4 Å². The molecule has 0 aromatic heterocycles. The standard InChI is InChI=1S/C17H23NO4/c1-4-16(19)14-5-7-15(8-6-14)22-11-17(20)18-9-13(3)21-10-12(18)2/h5-8,12-13H,4,9-11H2,1-3H3. The Labute approximate surface area is 131 Å². The van der Waals surface area contributed by atoms with E-state index in [0.717, 1.165) is 0 Å². The van der Waals surface area contributed by atoms with Gasteiger partial charge in [-0.05, 0) is 38.1 Å². The highest BCUT2D eigenvalue weighted by molar-refractivity contribution is 5.95. The first-order chi connectivity index (χ1) is 10.5. The Bertz CT molecular complexity index is 526. The van der Waals surface area contributed by atoms with E-state index in [1.54, 1.807) is 29.2 Å². The number of ether oxygens (including phenoxy) is 2. The molecule has 0 N–H and O–H groups in total. The van der Waals surface area contributed by atoms with Gasteiger partial charge in [0.15, 0.2) is 12.4 Å². The Morgan fingerprint density at radius 2 is 1.95 bits per heavy atom. The summed E-state index contributed by atoms with van der Waals surface area (Å²) in [4.78, 5) is 25.6. The van der Waals surface area contributed by atoms with E-state index < -0.39 is 0 Å². The third-order valence-electron chi connectivity index (χ3n) is 3.79. The molecule has 1 heterocycles. The molecule has 2 atom stereocenters. The SMILES string of the molecule is CCC(=O)c1ccc(OCC(=O)N2CC(C)OCC2C)cc1. The lowest BCUT2D eigenvalue weighted by atomic mass is 10.1. The minimum atomic E-state index is -0.0450. The van der Waals surface area contributed by atoms with Crippen molar-refractivity contribution >= 4 is 11.7 Å². The number of morpholine rings is 1. The first kappa shape index (κ1) is 16.5. The summed E-state index contributed by atoms with van der Waals surface area (Å²) in [7, 11) is 0. The topological polar surface area (TPSA) is 55.8 Å². The molecule has 0 aliphatic carbocycles. The zero-order valence-corrected chi connectivity index (χ0v) is 13.4. The summed E-state index contributed by atoms with van der Waals surface area (Å²) in [5.41, 5.74) is 0.664. The van der Waals surface area contributed by atoms with Crippen molar-refractivity contribution in [3.63, 3.8) is 0 Å². The molecule has 22 heavy (non-hydrogen) atoms. The third-order valence-corrected chi connectivity index (χ3v) is 3.79. The number of carbonyl (C=O) groups is 2. The average Bonchev–Trinajstić information content (AvgIpc) is 2.54. The van der Waals surface area contributed by atoms with Crippen LogP contribution in [0.4, 0.5) is 0 Å². The van der Waals surface area contributed by atoms with E-state index >= 15 is 0 Å². The molecule has 0 bridgehead atoms. The molecular weight excluding hydrogens is 282 g/mol. The lowest BCUT2D eigenvalue weighted by Crippen LogP contribution is -2.51. The zero-order valence-electron chi connectivity index (χ0n) is 13.4. The fourth-order valence-electron chi connectivity index (χ4n) is 2.42. The predicted octanol–water partition coefficient (Wildman–Crippen LogP) is 2.29. The first-order valence-electron chi connectivity index (χ1n) is 7.68. The predicted molar refractivity (Wildman–Crippen MR) is 83.1 cm³/mol. The van der Waals surface area contributed by atoms with Crippen molar-refractivity contribution in [2.75, 3.05) is 19.8 Å². The maximum Gasteiger partial charge on any atom is 0.260 e. The number of rotatable bonds is 5. The van der Waals surface area contributed by atoms with E-state index in [0.29, 0.717) is 30.9 Å².